The number of pyridine rings is 1. The molecule has 2 aliphatic carbocycles. The number of fused-ring (bicyclic) bond motifs is 5. The molecule has 96 valence electrons. The van der Waals surface area contributed by atoms with Gasteiger partial charge in [0.2, 0.25) is 0 Å². The van der Waals surface area contributed by atoms with Gasteiger partial charge in [0, 0.05) is 11.3 Å². The summed E-state index contributed by atoms with van der Waals surface area (Å²) in [6.45, 7) is 2.10. The molecule has 3 nitrogen and oxygen atoms in total. The average molecular weight is 244 g/mol. The fourth-order valence-electron chi connectivity index (χ4n) is 4.22. The number of rotatable bonds is 1. The predicted molar refractivity (Wildman–Crippen MR) is 71.2 cm³/mol. The summed E-state index contributed by atoms with van der Waals surface area (Å²) in [4.78, 5) is 15.5. The molecule has 2 unspecified atom stereocenters. The van der Waals surface area contributed by atoms with Gasteiger partial charge in [-0.2, -0.15) is 0 Å². The monoisotopic (exact) mass is 244 g/mol. The lowest BCUT2D eigenvalue weighted by Crippen LogP contribution is -2.30. The number of aromatic amines is 1. The van der Waals surface area contributed by atoms with Crippen LogP contribution in [-0.4, -0.2) is 18.1 Å². The van der Waals surface area contributed by atoms with Crippen LogP contribution in [0.25, 0.3) is 0 Å². The summed E-state index contributed by atoms with van der Waals surface area (Å²) in [5.74, 6) is 1.86. The molecule has 1 aromatic rings. The van der Waals surface area contributed by atoms with E-state index < -0.39 is 0 Å². The van der Waals surface area contributed by atoms with Gasteiger partial charge in [-0.15, -0.1) is 0 Å². The van der Waals surface area contributed by atoms with E-state index in [1.807, 2.05) is 0 Å². The topological polar surface area (TPSA) is 44.9 Å². The Morgan fingerprint density at radius 1 is 0.944 bits per heavy atom. The van der Waals surface area contributed by atoms with Crippen LogP contribution in [0.3, 0.4) is 0 Å². The maximum Gasteiger partial charge on any atom is 0.251 e. The van der Waals surface area contributed by atoms with Crippen molar-refractivity contribution in [3.8, 4) is 0 Å². The SMILES string of the molecule is O=c1[nH]c2c(cc1C1CCNCC1)C1CCC2C1. The third-order valence-electron chi connectivity index (χ3n) is 5.19. The van der Waals surface area contributed by atoms with Crippen LogP contribution in [0, 0.1) is 0 Å². The van der Waals surface area contributed by atoms with Gasteiger partial charge in [0.1, 0.15) is 0 Å². The van der Waals surface area contributed by atoms with Crippen molar-refractivity contribution < 1.29 is 0 Å². The lowest BCUT2D eigenvalue weighted by atomic mass is 9.87. The molecule has 1 aromatic heterocycles. The first-order chi connectivity index (χ1) is 8.83. The van der Waals surface area contributed by atoms with Crippen LogP contribution in [0.15, 0.2) is 10.9 Å². The third-order valence-corrected chi connectivity index (χ3v) is 5.19. The first-order valence-corrected chi connectivity index (χ1v) is 7.30. The average Bonchev–Trinajstić information content (AvgIpc) is 3.00. The first kappa shape index (κ1) is 10.8. The molecule has 1 aliphatic heterocycles. The zero-order valence-corrected chi connectivity index (χ0v) is 10.7. The number of hydrogen-bond donors (Lipinski definition) is 2. The van der Waals surface area contributed by atoms with Crippen molar-refractivity contribution in [3.63, 3.8) is 0 Å². The summed E-state index contributed by atoms with van der Waals surface area (Å²) in [6, 6.07) is 2.26. The van der Waals surface area contributed by atoms with Crippen molar-refractivity contribution in [2.45, 2.75) is 49.9 Å². The Bertz CT molecular complexity index is 528. The Balaban J connectivity index is 1.76. The van der Waals surface area contributed by atoms with E-state index in [0.29, 0.717) is 11.8 Å². The van der Waals surface area contributed by atoms with Gasteiger partial charge in [-0.3, -0.25) is 4.79 Å². The van der Waals surface area contributed by atoms with Gasteiger partial charge in [-0.1, -0.05) is 0 Å². The molecule has 1 saturated carbocycles. The molecule has 2 heterocycles. The Kier molecular flexibility index (Phi) is 2.37. The highest BCUT2D eigenvalue weighted by atomic mass is 16.1. The van der Waals surface area contributed by atoms with Crippen LogP contribution < -0.4 is 10.9 Å². The number of piperidine rings is 1. The highest BCUT2D eigenvalue weighted by Gasteiger charge is 2.38. The zero-order chi connectivity index (χ0) is 12.1. The number of hydrogen-bond acceptors (Lipinski definition) is 2. The van der Waals surface area contributed by atoms with Gasteiger partial charge in [0.15, 0.2) is 0 Å². The lowest BCUT2D eigenvalue weighted by Gasteiger charge is -2.24. The van der Waals surface area contributed by atoms with Gasteiger partial charge in [0.25, 0.3) is 5.56 Å². The standard InChI is InChI=1S/C15H20N2O/c18-15-13(9-3-5-16-6-4-9)8-12-10-1-2-11(7-10)14(12)17-15/h8-11,16H,1-7H2,(H,17,18). The highest BCUT2D eigenvalue weighted by Crippen LogP contribution is 2.52. The molecule has 0 aromatic carbocycles. The summed E-state index contributed by atoms with van der Waals surface area (Å²) >= 11 is 0. The van der Waals surface area contributed by atoms with Crippen molar-refractivity contribution >= 4 is 0 Å². The van der Waals surface area contributed by atoms with Crippen molar-refractivity contribution in [1.82, 2.24) is 10.3 Å². The molecule has 0 radical (unpaired) electrons. The second kappa shape index (κ2) is 3.95. The molecule has 3 heteroatoms. The largest absolute Gasteiger partial charge is 0.325 e. The number of nitrogens with one attached hydrogen (secondary N) is 2. The minimum absolute atomic E-state index is 0.188. The Labute approximate surface area is 107 Å². The second-order valence-corrected chi connectivity index (χ2v) is 6.15. The van der Waals surface area contributed by atoms with Crippen LogP contribution in [0.5, 0.6) is 0 Å². The first-order valence-electron chi connectivity index (χ1n) is 7.30. The van der Waals surface area contributed by atoms with E-state index in [1.165, 1.54) is 30.5 Å². The second-order valence-electron chi connectivity index (χ2n) is 6.15. The summed E-state index contributed by atoms with van der Waals surface area (Å²) in [7, 11) is 0. The third kappa shape index (κ3) is 1.50. The van der Waals surface area contributed by atoms with Crippen molar-refractivity contribution in [3.05, 3.63) is 33.2 Å². The molecule has 0 spiro atoms. The minimum atomic E-state index is 0.188. The van der Waals surface area contributed by atoms with Gasteiger partial charge in [0.05, 0.1) is 0 Å². The Morgan fingerprint density at radius 3 is 2.56 bits per heavy atom. The quantitative estimate of drug-likeness (QED) is 0.795. The number of H-pyrrole nitrogens is 1. The van der Waals surface area contributed by atoms with Gasteiger partial charge in [-0.25, -0.2) is 0 Å². The van der Waals surface area contributed by atoms with E-state index in [9.17, 15) is 4.79 Å². The van der Waals surface area contributed by atoms with E-state index in [1.54, 1.807) is 0 Å². The number of aromatic nitrogens is 1. The molecule has 2 atom stereocenters. The van der Waals surface area contributed by atoms with Crippen molar-refractivity contribution in [1.29, 1.82) is 0 Å². The van der Waals surface area contributed by atoms with E-state index >= 15 is 0 Å². The van der Waals surface area contributed by atoms with Crippen LogP contribution in [0.2, 0.25) is 0 Å². The van der Waals surface area contributed by atoms with E-state index in [4.69, 9.17) is 0 Å². The molecule has 1 saturated heterocycles. The van der Waals surface area contributed by atoms with Crippen LogP contribution in [-0.2, 0) is 0 Å². The minimum Gasteiger partial charge on any atom is -0.325 e. The molecule has 2 N–H and O–H groups in total. The van der Waals surface area contributed by atoms with E-state index in [2.05, 4.69) is 16.4 Å². The van der Waals surface area contributed by atoms with Crippen LogP contribution in [0.4, 0.5) is 0 Å². The van der Waals surface area contributed by atoms with E-state index in [0.717, 1.165) is 37.4 Å². The summed E-state index contributed by atoms with van der Waals surface area (Å²) in [5, 5.41) is 3.37. The summed E-state index contributed by atoms with van der Waals surface area (Å²) in [5.41, 5.74) is 3.99. The molecule has 2 bridgehead atoms. The molecule has 0 amide bonds. The van der Waals surface area contributed by atoms with Crippen molar-refractivity contribution in [2.24, 2.45) is 0 Å². The highest BCUT2D eigenvalue weighted by molar-refractivity contribution is 5.39. The molecular weight excluding hydrogens is 224 g/mol. The van der Waals surface area contributed by atoms with Crippen LogP contribution >= 0.6 is 0 Å². The normalized spacial score (nSPS) is 30.7. The van der Waals surface area contributed by atoms with Gasteiger partial charge in [-0.05, 0) is 74.6 Å². The Hall–Kier alpha value is -1.09. The van der Waals surface area contributed by atoms with Crippen LogP contribution in [0.1, 0.15) is 66.7 Å². The van der Waals surface area contributed by atoms with E-state index in [-0.39, 0.29) is 5.56 Å². The maximum absolute atomic E-state index is 12.3. The predicted octanol–water partition coefficient (Wildman–Crippen LogP) is 2.21. The Morgan fingerprint density at radius 2 is 1.72 bits per heavy atom. The lowest BCUT2D eigenvalue weighted by molar-refractivity contribution is 0.457. The van der Waals surface area contributed by atoms with Crippen molar-refractivity contribution in [2.75, 3.05) is 13.1 Å². The smallest absolute Gasteiger partial charge is 0.251 e. The van der Waals surface area contributed by atoms with Gasteiger partial charge >= 0.3 is 0 Å². The fourth-order valence-corrected chi connectivity index (χ4v) is 4.22. The van der Waals surface area contributed by atoms with Gasteiger partial charge < -0.3 is 10.3 Å². The zero-order valence-electron chi connectivity index (χ0n) is 10.7. The fraction of sp³-hybridized carbons (Fsp3) is 0.667. The summed E-state index contributed by atoms with van der Waals surface area (Å²) in [6.07, 6.45) is 6.10. The molecule has 3 aliphatic rings. The maximum atomic E-state index is 12.3. The molecule has 4 rings (SSSR count). The molecular formula is C15H20N2O. The summed E-state index contributed by atoms with van der Waals surface area (Å²) < 4.78 is 0. The molecule has 2 fully saturated rings. The molecule has 18 heavy (non-hydrogen) atoms.